The zero-order chi connectivity index (χ0) is 13.8. The standard InChI is InChI=1S/2C5H5.C2H7Si.2CHO.Zr/c2*1-2-4-5-3-1;1-3-2;2*1-2;/h2*1-5H;3H,1-2H3;2*1H;/q2*-1;;2*-1;+4. The molecule has 0 aromatic heterocycles. The van der Waals surface area contributed by atoms with Crippen molar-refractivity contribution in [2.24, 2.45) is 0 Å². The number of carbonyl (C=O) groups excluding carboxylic acids is 2. The van der Waals surface area contributed by atoms with Gasteiger partial charge in [0.25, 0.3) is 0 Å². The van der Waals surface area contributed by atoms with E-state index < -0.39 is 0 Å². The third-order valence-electron chi connectivity index (χ3n) is 1.11. The van der Waals surface area contributed by atoms with Crippen molar-refractivity contribution >= 4 is 23.1 Å². The average Bonchev–Trinajstić information content (AvgIpc) is 3.13. The van der Waals surface area contributed by atoms with Gasteiger partial charge in [0.05, 0.1) is 0 Å². The summed E-state index contributed by atoms with van der Waals surface area (Å²) in [5.41, 5.74) is 0. The van der Waals surface area contributed by atoms with Crippen molar-refractivity contribution in [2.45, 2.75) is 13.1 Å². The van der Waals surface area contributed by atoms with E-state index in [4.69, 9.17) is 9.59 Å². The van der Waals surface area contributed by atoms with Gasteiger partial charge in [-0.1, -0.05) is 13.1 Å². The second-order valence-electron chi connectivity index (χ2n) is 2.50. The summed E-state index contributed by atoms with van der Waals surface area (Å²) in [6, 6.07) is 20.0. The molecular formula is C14H19O2SiZr. The van der Waals surface area contributed by atoms with E-state index in [1.54, 1.807) is 0 Å². The molecule has 2 aromatic rings. The van der Waals surface area contributed by atoms with Gasteiger partial charge in [-0.2, -0.15) is 36.4 Å². The quantitative estimate of drug-likeness (QED) is 0.420. The topological polar surface area (TPSA) is 34.1 Å². The average molecular weight is 339 g/mol. The van der Waals surface area contributed by atoms with Gasteiger partial charge in [-0.05, 0) is 0 Å². The zero-order valence-corrected chi connectivity index (χ0v) is 14.4. The summed E-state index contributed by atoms with van der Waals surface area (Å²) in [5.74, 6) is 0. The molecule has 95 valence electrons. The molecule has 0 aliphatic rings. The molecule has 0 heterocycles. The van der Waals surface area contributed by atoms with Crippen LogP contribution in [0.3, 0.4) is 0 Å². The summed E-state index contributed by atoms with van der Waals surface area (Å²) < 4.78 is 0. The molecule has 0 fully saturated rings. The monoisotopic (exact) mass is 337 g/mol. The minimum absolute atomic E-state index is 0. The van der Waals surface area contributed by atoms with E-state index in [9.17, 15) is 0 Å². The molecule has 0 aliphatic heterocycles. The SMILES string of the molecule is C[SiH]C.[CH-]=O.[CH-]=O.[Zr+4].c1cc[cH-]c1.c1cc[cH-]c1. The third-order valence-corrected chi connectivity index (χ3v) is 1.11. The molecule has 2 rings (SSSR count). The Morgan fingerprint density at radius 3 is 0.944 bits per heavy atom. The van der Waals surface area contributed by atoms with Crippen LogP contribution < -0.4 is 0 Å². The summed E-state index contributed by atoms with van der Waals surface area (Å²) in [5, 5.41) is 0. The maximum absolute atomic E-state index is 7.75. The van der Waals surface area contributed by atoms with Gasteiger partial charge in [-0.3, -0.25) is 13.6 Å². The molecule has 0 saturated carbocycles. The predicted octanol–water partition coefficient (Wildman–Crippen LogP) is 2.78. The summed E-state index contributed by atoms with van der Waals surface area (Å²) in [7, 11) is 0.750. The van der Waals surface area contributed by atoms with Crippen LogP contribution in [0, 0.1) is 0 Å². The van der Waals surface area contributed by atoms with E-state index in [0.29, 0.717) is 0 Å². The smallest absolute Gasteiger partial charge is 0.545 e. The van der Waals surface area contributed by atoms with Crippen molar-refractivity contribution < 1.29 is 35.8 Å². The molecule has 2 aromatic carbocycles. The Balaban J connectivity index is -0.0000000719. The Bertz CT molecular complexity index is 194. The molecule has 4 heteroatoms. The molecule has 0 amide bonds. The van der Waals surface area contributed by atoms with E-state index in [2.05, 4.69) is 26.7 Å². The Labute approximate surface area is 132 Å². The van der Waals surface area contributed by atoms with Crippen LogP contribution in [0.4, 0.5) is 0 Å². The fraction of sp³-hybridized carbons (Fsp3) is 0.143. The zero-order valence-electron chi connectivity index (χ0n) is 10.8. The summed E-state index contributed by atoms with van der Waals surface area (Å²) in [6.07, 6.45) is 0. The van der Waals surface area contributed by atoms with E-state index in [1.165, 1.54) is 0 Å². The molecule has 1 radical (unpaired) electrons. The molecule has 0 saturated heterocycles. The molecule has 2 nitrogen and oxygen atoms in total. The fourth-order valence-corrected chi connectivity index (χ4v) is 0.642. The van der Waals surface area contributed by atoms with Gasteiger partial charge in [-0.15, -0.1) is 0 Å². The predicted molar refractivity (Wildman–Crippen MR) is 76.4 cm³/mol. The van der Waals surface area contributed by atoms with Crippen LogP contribution in [0.25, 0.3) is 0 Å². The van der Waals surface area contributed by atoms with E-state index in [-0.39, 0.29) is 26.2 Å². The van der Waals surface area contributed by atoms with E-state index in [1.807, 2.05) is 60.7 Å². The minimum atomic E-state index is 0. The molecule has 0 unspecified atom stereocenters. The molecule has 0 atom stereocenters. The van der Waals surface area contributed by atoms with Crippen molar-refractivity contribution in [3.8, 4) is 0 Å². The van der Waals surface area contributed by atoms with Gasteiger partial charge in [0.2, 0.25) is 0 Å². The largest absolute Gasteiger partial charge is 4.00 e. The Morgan fingerprint density at radius 1 is 0.722 bits per heavy atom. The Hall–Kier alpha value is -0.860. The maximum Gasteiger partial charge on any atom is 4.00 e. The molecule has 0 spiro atoms. The number of hydrogen-bond acceptors (Lipinski definition) is 2. The van der Waals surface area contributed by atoms with Crippen molar-refractivity contribution in [1.29, 1.82) is 0 Å². The second kappa shape index (κ2) is 36.0. The van der Waals surface area contributed by atoms with Crippen molar-refractivity contribution in [3.05, 3.63) is 60.7 Å². The van der Waals surface area contributed by atoms with Gasteiger partial charge < -0.3 is 9.59 Å². The van der Waals surface area contributed by atoms with Gasteiger partial charge in [0.15, 0.2) is 0 Å². The van der Waals surface area contributed by atoms with Crippen LogP contribution in [0.15, 0.2) is 60.7 Å². The van der Waals surface area contributed by atoms with E-state index in [0.717, 1.165) is 9.52 Å². The van der Waals surface area contributed by atoms with Crippen molar-refractivity contribution in [2.75, 3.05) is 0 Å². The summed E-state index contributed by atoms with van der Waals surface area (Å²) in [6.45, 7) is 10.9. The van der Waals surface area contributed by atoms with Gasteiger partial charge in [-0.25, -0.2) is 24.3 Å². The Kier molecular flexibility index (Phi) is 51.7. The van der Waals surface area contributed by atoms with Crippen LogP contribution in [0.2, 0.25) is 13.1 Å². The van der Waals surface area contributed by atoms with Crippen LogP contribution in [-0.4, -0.2) is 23.1 Å². The molecule has 0 bridgehead atoms. The maximum atomic E-state index is 7.75. The molecule has 18 heavy (non-hydrogen) atoms. The first-order chi connectivity index (χ1) is 8.41. The van der Waals surface area contributed by atoms with Crippen molar-refractivity contribution in [3.63, 3.8) is 0 Å². The third kappa shape index (κ3) is 36.2. The van der Waals surface area contributed by atoms with Crippen molar-refractivity contribution in [1.82, 2.24) is 0 Å². The molecule has 0 aliphatic carbocycles. The van der Waals surface area contributed by atoms with Gasteiger partial charge >= 0.3 is 26.2 Å². The fourth-order valence-electron chi connectivity index (χ4n) is 0.642. The number of rotatable bonds is 0. The Morgan fingerprint density at radius 2 is 0.889 bits per heavy atom. The minimum Gasteiger partial charge on any atom is -0.545 e. The molecule has 0 N–H and O–H groups in total. The summed E-state index contributed by atoms with van der Waals surface area (Å²) in [4.78, 5) is 15.5. The van der Waals surface area contributed by atoms with E-state index >= 15 is 0 Å². The molecular weight excluding hydrogens is 319 g/mol. The van der Waals surface area contributed by atoms with Crippen LogP contribution in [0.1, 0.15) is 0 Å². The van der Waals surface area contributed by atoms with Crippen LogP contribution in [-0.2, 0) is 35.8 Å². The first-order valence-corrected chi connectivity index (χ1v) is 7.27. The first-order valence-electron chi connectivity index (χ1n) is 4.96. The van der Waals surface area contributed by atoms with Crippen LogP contribution >= 0.6 is 0 Å². The summed E-state index contributed by atoms with van der Waals surface area (Å²) >= 11 is 0. The second-order valence-corrected chi connectivity index (χ2v) is 3.66. The van der Waals surface area contributed by atoms with Gasteiger partial charge in [0.1, 0.15) is 0 Å². The normalized spacial score (nSPS) is 5.89. The number of hydrogen-bond donors (Lipinski definition) is 0. The van der Waals surface area contributed by atoms with Crippen LogP contribution in [0.5, 0.6) is 0 Å². The van der Waals surface area contributed by atoms with Gasteiger partial charge in [0, 0.05) is 9.52 Å². The first kappa shape index (κ1) is 25.9.